The van der Waals surface area contributed by atoms with Crippen LogP contribution in [0.3, 0.4) is 0 Å². The van der Waals surface area contributed by atoms with Crippen LogP contribution < -0.4 is 5.09 Å². The van der Waals surface area contributed by atoms with E-state index in [2.05, 4.69) is 36.3 Å². The maximum absolute atomic E-state index is 5.75. The smallest absolute Gasteiger partial charge is 0.261 e. The lowest BCUT2D eigenvalue weighted by Gasteiger charge is -2.14. The first-order chi connectivity index (χ1) is 7.67. The van der Waals surface area contributed by atoms with E-state index < -0.39 is 6.64 Å². The number of nitrogens with one attached hydrogen (secondary N) is 1. The molecule has 1 aliphatic heterocycles. The minimum atomic E-state index is -2.21. The van der Waals surface area contributed by atoms with Crippen molar-refractivity contribution in [2.24, 2.45) is 0 Å². The molecule has 2 unspecified atom stereocenters. The lowest BCUT2D eigenvalue weighted by atomic mass is 10.1. The first-order valence-corrected chi connectivity index (χ1v) is 7.99. The highest BCUT2D eigenvalue weighted by atomic mass is 32.5. The van der Waals surface area contributed by atoms with Crippen LogP contribution in [-0.2, 0) is 27.3 Å². The minimum Gasteiger partial charge on any atom is -0.321 e. The van der Waals surface area contributed by atoms with Gasteiger partial charge in [0.2, 0.25) is 0 Å². The fourth-order valence-electron chi connectivity index (χ4n) is 1.69. The van der Waals surface area contributed by atoms with Crippen molar-refractivity contribution in [3.63, 3.8) is 0 Å². The zero-order valence-corrected chi connectivity index (χ0v) is 11.2. The second kappa shape index (κ2) is 4.94. The van der Waals surface area contributed by atoms with Crippen molar-refractivity contribution in [2.75, 3.05) is 13.7 Å². The number of rotatable bonds is 3. The van der Waals surface area contributed by atoms with E-state index in [0.717, 1.165) is 18.5 Å². The maximum Gasteiger partial charge on any atom is 0.261 e. The van der Waals surface area contributed by atoms with Gasteiger partial charge in [0.15, 0.2) is 0 Å². The van der Waals surface area contributed by atoms with E-state index in [1.54, 1.807) is 7.11 Å². The standard InChI is InChI=1S/C11H16NO2PS/c1-3-9-4-6-10(7-5-9)11-8-12-15(16,13-2)14-11/h4-7,11H,3,8H2,1-2H3,(H,12,16). The summed E-state index contributed by atoms with van der Waals surface area (Å²) >= 11 is 5.25. The highest BCUT2D eigenvalue weighted by Crippen LogP contribution is 2.52. The van der Waals surface area contributed by atoms with E-state index in [1.807, 2.05) is 0 Å². The highest BCUT2D eigenvalue weighted by Gasteiger charge is 2.31. The van der Waals surface area contributed by atoms with Crippen LogP contribution in [0.2, 0.25) is 0 Å². The van der Waals surface area contributed by atoms with Crippen LogP contribution in [0.4, 0.5) is 0 Å². The molecule has 0 saturated carbocycles. The fourth-order valence-corrected chi connectivity index (χ4v) is 3.44. The summed E-state index contributed by atoms with van der Waals surface area (Å²) in [6.07, 6.45) is 1.08. The van der Waals surface area contributed by atoms with E-state index in [1.165, 1.54) is 5.56 Å². The normalized spacial score (nSPS) is 29.5. The lowest BCUT2D eigenvalue weighted by Crippen LogP contribution is -2.06. The summed E-state index contributed by atoms with van der Waals surface area (Å²) in [6.45, 7) is 0.671. The molecule has 5 heteroatoms. The molecular formula is C11H16NO2PS. The summed E-state index contributed by atoms with van der Waals surface area (Å²) in [5.74, 6) is 0. The first-order valence-electron chi connectivity index (χ1n) is 5.35. The SMILES string of the molecule is CCc1ccc(C2CNP(=S)(OC)O2)cc1. The molecule has 2 rings (SSSR count). The highest BCUT2D eigenvalue weighted by molar-refractivity contribution is 8.09. The van der Waals surface area contributed by atoms with E-state index in [9.17, 15) is 0 Å². The molecule has 1 aromatic rings. The minimum absolute atomic E-state index is 0.0247. The van der Waals surface area contributed by atoms with Gasteiger partial charge in [0.1, 0.15) is 6.10 Å². The predicted octanol–water partition coefficient (Wildman–Crippen LogP) is 2.78. The Morgan fingerprint density at radius 3 is 2.69 bits per heavy atom. The monoisotopic (exact) mass is 257 g/mol. The topological polar surface area (TPSA) is 30.5 Å². The van der Waals surface area contributed by atoms with Gasteiger partial charge < -0.3 is 9.05 Å². The Kier molecular flexibility index (Phi) is 3.77. The molecule has 2 atom stereocenters. The molecule has 0 bridgehead atoms. The van der Waals surface area contributed by atoms with Gasteiger partial charge >= 0.3 is 0 Å². The second-order valence-electron chi connectivity index (χ2n) is 3.73. The van der Waals surface area contributed by atoms with Crippen molar-refractivity contribution < 1.29 is 9.05 Å². The molecule has 88 valence electrons. The molecule has 1 aliphatic rings. The van der Waals surface area contributed by atoms with E-state index in [4.69, 9.17) is 20.9 Å². The zero-order valence-electron chi connectivity index (χ0n) is 9.47. The van der Waals surface area contributed by atoms with Gasteiger partial charge in [-0.2, -0.15) is 0 Å². The molecule has 0 amide bonds. The van der Waals surface area contributed by atoms with Gasteiger partial charge in [-0.3, -0.25) is 0 Å². The van der Waals surface area contributed by atoms with Gasteiger partial charge in [-0.05, 0) is 29.4 Å². The Balaban J connectivity index is 2.11. The Morgan fingerprint density at radius 2 is 2.19 bits per heavy atom. The van der Waals surface area contributed by atoms with Crippen molar-refractivity contribution in [1.29, 1.82) is 0 Å². The Labute approximate surface area is 101 Å². The first kappa shape index (κ1) is 12.2. The van der Waals surface area contributed by atoms with Crippen LogP contribution in [-0.4, -0.2) is 13.7 Å². The third kappa shape index (κ3) is 2.53. The number of hydrogen-bond donors (Lipinski definition) is 1. The van der Waals surface area contributed by atoms with Crippen LogP contribution in [0.15, 0.2) is 24.3 Å². The maximum atomic E-state index is 5.75. The summed E-state index contributed by atoms with van der Waals surface area (Å²) in [7, 11) is 1.59. The molecule has 3 nitrogen and oxygen atoms in total. The zero-order chi connectivity index (χ0) is 11.6. The van der Waals surface area contributed by atoms with Gasteiger partial charge in [-0.25, -0.2) is 5.09 Å². The molecule has 0 radical (unpaired) electrons. The molecule has 0 aliphatic carbocycles. The largest absolute Gasteiger partial charge is 0.321 e. The van der Waals surface area contributed by atoms with Crippen LogP contribution in [0, 0.1) is 0 Å². The molecular weight excluding hydrogens is 241 g/mol. The quantitative estimate of drug-likeness (QED) is 0.843. The summed E-state index contributed by atoms with van der Waals surface area (Å²) in [4.78, 5) is 0. The van der Waals surface area contributed by atoms with Crippen molar-refractivity contribution in [3.05, 3.63) is 35.4 Å². The van der Waals surface area contributed by atoms with Gasteiger partial charge in [0.05, 0.1) is 0 Å². The third-order valence-corrected chi connectivity index (χ3v) is 5.41. The Morgan fingerprint density at radius 1 is 1.50 bits per heavy atom. The molecule has 0 spiro atoms. The number of hydrogen-bond acceptors (Lipinski definition) is 3. The van der Waals surface area contributed by atoms with Gasteiger partial charge in [0.25, 0.3) is 6.64 Å². The van der Waals surface area contributed by atoms with Gasteiger partial charge in [-0.15, -0.1) is 0 Å². The average Bonchev–Trinajstić information content (AvgIpc) is 2.73. The molecule has 1 aromatic carbocycles. The van der Waals surface area contributed by atoms with Crippen LogP contribution in [0.5, 0.6) is 0 Å². The van der Waals surface area contributed by atoms with E-state index in [-0.39, 0.29) is 6.10 Å². The van der Waals surface area contributed by atoms with Gasteiger partial charge in [0, 0.05) is 13.7 Å². The Hall–Kier alpha value is -0.250. The summed E-state index contributed by atoms with van der Waals surface area (Å²) in [5.41, 5.74) is 2.49. The van der Waals surface area contributed by atoms with Crippen molar-refractivity contribution in [2.45, 2.75) is 19.4 Å². The average molecular weight is 257 g/mol. The number of aryl methyl sites for hydroxylation is 1. The van der Waals surface area contributed by atoms with Crippen molar-refractivity contribution in [1.82, 2.24) is 5.09 Å². The van der Waals surface area contributed by atoms with Crippen molar-refractivity contribution in [3.8, 4) is 0 Å². The molecule has 1 N–H and O–H groups in total. The molecule has 1 heterocycles. The van der Waals surface area contributed by atoms with E-state index in [0.29, 0.717) is 0 Å². The molecule has 16 heavy (non-hydrogen) atoms. The van der Waals surface area contributed by atoms with Crippen LogP contribution in [0.1, 0.15) is 24.2 Å². The lowest BCUT2D eigenvalue weighted by molar-refractivity contribution is 0.233. The second-order valence-corrected chi connectivity index (χ2v) is 7.06. The number of benzene rings is 1. The fraction of sp³-hybridized carbons (Fsp3) is 0.455. The molecule has 1 fully saturated rings. The molecule has 0 aromatic heterocycles. The van der Waals surface area contributed by atoms with Gasteiger partial charge in [-0.1, -0.05) is 31.2 Å². The molecule has 1 saturated heterocycles. The third-order valence-electron chi connectivity index (χ3n) is 2.74. The van der Waals surface area contributed by atoms with E-state index >= 15 is 0 Å². The summed E-state index contributed by atoms with van der Waals surface area (Å²) in [6, 6.07) is 8.47. The Bertz CT molecular complexity index is 407. The predicted molar refractivity (Wildman–Crippen MR) is 68.9 cm³/mol. The summed E-state index contributed by atoms with van der Waals surface area (Å²) < 4.78 is 10.9. The summed E-state index contributed by atoms with van der Waals surface area (Å²) in [5, 5.41) is 3.14. The van der Waals surface area contributed by atoms with Crippen LogP contribution >= 0.6 is 6.64 Å². The van der Waals surface area contributed by atoms with Crippen molar-refractivity contribution >= 4 is 18.4 Å². The van der Waals surface area contributed by atoms with Crippen LogP contribution in [0.25, 0.3) is 0 Å².